The molecule has 1 rings (SSSR count). The standard InChI is InChI=1S/C59H98N14O23S/c1-26(2)20-36(66-55(91)43(61)29(6)77)51(87)72-45(30(7)78)57(93)62-28(5)47(83)65-38(22-42(81)82)50(86)63-34(12-10-11-18-60)48(84)68-39(23-74)52(88)69-40(24-75)53(89)70-41(25-76)54(90)73-46(31(8)79)58(94)71-44(27(3)4)56(92)67-37(21-32-13-15-33(80)16-14-32)49(85)64-35(59(95)96)17-19-97-9/h13-16,26-31,34-41,43-46,74-80H,10-12,17-25,60-61H2,1-9H3,(H,62,93)(H,63,86)(H,64,85)(H,65,83)(H,66,91)(H,67,92)(H,68,84)(H,69,88)(H,70,89)(H,71,94)(H,72,87)(H,73,90)(H,81,82)(H,95,96)/t28-,29+,30+,31+,34-,35-,36-,37-,38-,39-,40-,41-,43-,44-,45-,46-/m0/s1. The summed E-state index contributed by atoms with van der Waals surface area (Å²) in [6, 6.07) is -16.6. The van der Waals surface area contributed by atoms with E-state index in [4.69, 9.17) is 11.5 Å². The second-order valence-corrected chi connectivity index (χ2v) is 24.7. The maximum atomic E-state index is 13.9. The number of carbonyl (C=O) groups is 14. The number of nitrogens with one attached hydrogen (secondary N) is 12. The van der Waals surface area contributed by atoms with Gasteiger partial charge in [0.2, 0.25) is 70.9 Å². The van der Waals surface area contributed by atoms with Crippen molar-refractivity contribution in [1.29, 1.82) is 0 Å². The van der Waals surface area contributed by atoms with E-state index >= 15 is 0 Å². The zero-order valence-electron chi connectivity index (χ0n) is 55.5. The Morgan fingerprint density at radius 3 is 1.27 bits per heavy atom. The maximum Gasteiger partial charge on any atom is 0.326 e. The molecule has 0 heterocycles. The first kappa shape index (κ1) is 86.6. The van der Waals surface area contributed by atoms with Crippen LogP contribution in [0.2, 0.25) is 0 Å². The Bertz CT molecular complexity index is 2820. The number of aliphatic carboxylic acids is 2. The molecular formula is C59H98N14O23S. The molecule has 0 aliphatic rings. The molecule has 0 aliphatic heterocycles. The van der Waals surface area contributed by atoms with Crippen LogP contribution in [0.1, 0.15) is 99.5 Å². The van der Waals surface area contributed by atoms with E-state index in [1.54, 1.807) is 20.1 Å². The third-order valence-electron chi connectivity index (χ3n) is 14.6. The number of carboxylic acids is 2. The Morgan fingerprint density at radius 2 is 0.835 bits per heavy atom. The number of phenolic OH excluding ortho intramolecular Hbond substituents is 1. The Kier molecular flexibility index (Phi) is 39.1. The van der Waals surface area contributed by atoms with E-state index in [9.17, 15) is 113 Å². The summed E-state index contributed by atoms with van der Waals surface area (Å²) in [7, 11) is 0. The molecular weight excluding hydrogens is 1300 g/mol. The molecule has 0 radical (unpaired) electrons. The normalized spacial score (nSPS) is 16.2. The van der Waals surface area contributed by atoms with Crippen LogP contribution in [-0.2, 0) is 73.5 Å². The van der Waals surface area contributed by atoms with Crippen molar-refractivity contribution in [3.63, 3.8) is 0 Å². The summed E-state index contributed by atoms with van der Waals surface area (Å²) >= 11 is 1.33. The molecule has 0 unspecified atom stereocenters. The first-order valence-corrected chi connectivity index (χ1v) is 32.5. The fourth-order valence-corrected chi connectivity index (χ4v) is 9.34. The van der Waals surface area contributed by atoms with Crippen molar-refractivity contribution in [2.45, 2.75) is 197 Å². The van der Waals surface area contributed by atoms with Crippen molar-refractivity contribution < 1.29 is 113 Å². The molecule has 0 saturated carbocycles. The number of carboxylic acid groups (broad SMARTS) is 2. The number of nitrogens with two attached hydrogens (primary N) is 2. The number of benzene rings is 1. The second kappa shape index (κ2) is 43.7. The van der Waals surface area contributed by atoms with Gasteiger partial charge in [-0.15, -0.1) is 0 Å². The van der Waals surface area contributed by atoms with E-state index in [1.807, 2.05) is 10.6 Å². The molecule has 38 heteroatoms. The molecule has 0 fully saturated rings. The fraction of sp³-hybridized carbons (Fsp3) is 0.661. The summed E-state index contributed by atoms with van der Waals surface area (Å²) in [5.74, 6) is -17.6. The lowest BCUT2D eigenvalue weighted by Crippen LogP contribution is -2.63. The lowest BCUT2D eigenvalue weighted by Gasteiger charge is -2.29. The number of aliphatic hydroxyl groups excluding tert-OH is 6. The minimum absolute atomic E-state index is 0.0135. The number of aromatic hydroxyl groups is 1. The highest BCUT2D eigenvalue weighted by atomic mass is 32.2. The molecule has 548 valence electrons. The first-order chi connectivity index (χ1) is 45.4. The summed E-state index contributed by atoms with van der Waals surface area (Å²) < 4.78 is 0. The average molecular weight is 1400 g/mol. The predicted molar refractivity (Wildman–Crippen MR) is 345 cm³/mol. The van der Waals surface area contributed by atoms with Gasteiger partial charge in [0.15, 0.2) is 0 Å². The van der Waals surface area contributed by atoms with Gasteiger partial charge in [0.1, 0.15) is 84.3 Å². The molecule has 0 aliphatic carbocycles. The molecule has 97 heavy (non-hydrogen) atoms. The number of carbonyl (C=O) groups excluding carboxylic acids is 12. The number of rotatable bonds is 45. The molecule has 1 aromatic rings. The van der Waals surface area contributed by atoms with Gasteiger partial charge in [-0.05, 0) is 108 Å². The molecule has 0 aromatic heterocycles. The number of thioether (sulfide) groups is 1. The maximum absolute atomic E-state index is 13.9. The summed E-state index contributed by atoms with van der Waals surface area (Å²) in [5.41, 5.74) is 11.8. The molecule has 0 bridgehead atoms. The van der Waals surface area contributed by atoms with Gasteiger partial charge in [0, 0.05) is 6.42 Å². The lowest BCUT2D eigenvalue weighted by atomic mass is 9.99. The van der Waals surface area contributed by atoms with E-state index in [0.29, 0.717) is 11.3 Å². The van der Waals surface area contributed by atoms with E-state index in [0.717, 1.165) is 20.8 Å². The highest BCUT2D eigenvalue weighted by molar-refractivity contribution is 7.98. The Balaban J connectivity index is 3.29. The van der Waals surface area contributed by atoms with Crippen LogP contribution in [0.4, 0.5) is 0 Å². The Labute approximate surface area is 564 Å². The molecule has 0 spiro atoms. The quantitative estimate of drug-likeness (QED) is 0.0270. The van der Waals surface area contributed by atoms with Crippen LogP contribution in [0.15, 0.2) is 24.3 Å². The predicted octanol–water partition coefficient (Wildman–Crippen LogP) is -8.64. The molecule has 1 aromatic carbocycles. The van der Waals surface area contributed by atoms with Crippen LogP contribution < -0.4 is 75.3 Å². The van der Waals surface area contributed by atoms with Crippen LogP contribution in [0.5, 0.6) is 5.75 Å². The van der Waals surface area contributed by atoms with E-state index in [2.05, 4.69) is 53.2 Å². The van der Waals surface area contributed by atoms with Gasteiger partial charge in [0.25, 0.3) is 0 Å². The summed E-state index contributed by atoms with van der Waals surface area (Å²) in [6.07, 6.45) is -4.19. The van der Waals surface area contributed by atoms with Gasteiger partial charge in [-0.25, -0.2) is 4.79 Å². The van der Waals surface area contributed by atoms with Crippen molar-refractivity contribution in [2.75, 3.05) is 38.4 Å². The van der Waals surface area contributed by atoms with Crippen molar-refractivity contribution in [3.8, 4) is 5.75 Å². The lowest BCUT2D eigenvalue weighted by molar-refractivity contribution is -0.142. The first-order valence-electron chi connectivity index (χ1n) is 31.1. The highest BCUT2D eigenvalue weighted by Crippen LogP contribution is 2.15. The van der Waals surface area contributed by atoms with Crippen LogP contribution in [0.3, 0.4) is 0 Å². The van der Waals surface area contributed by atoms with Crippen LogP contribution >= 0.6 is 11.8 Å². The van der Waals surface area contributed by atoms with Gasteiger partial charge in [-0.1, -0.05) is 39.8 Å². The Hall–Kier alpha value is -8.37. The number of phenols is 1. The number of hydrogen-bond acceptors (Lipinski definition) is 24. The van der Waals surface area contributed by atoms with Gasteiger partial charge >= 0.3 is 11.9 Å². The summed E-state index contributed by atoms with van der Waals surface area (Å²) in [4.78, 5) is 187. The highest BCUT2D eigenvalue weighted by Gasteiger charge is 2.39. The third-order valence-corrected chi connectivity index (χ3v) is 15.2. The van der Waals surface area contributed by atoms with E-state index in [-0.39, 0.29) is 56.7 Å². The zero-order valence-corrected chi connectivity index (χ0v) is 56.3. The van der Waals surface area contributed by atoms with Crippen molar-refractivity contribution in [1.82, 2.24) is 63.8 Å². The summed E-state index contributed by atoms with van der Waals surface area (Å²) in [6.45, 7) is 7.32. The zero-order chi connectivity index (χ0) is 74.1. The smallest absolute Gasteiger partial charge is 0.326 e. The van der Waals surface area contributed by atoms with Crippen LogP contribution in [0.25, 0.3) is 0 Å². The molecule has 37 nitrogen and oxygen atoms in total. The second-order valence-electron chi connectivity index (χ2n) is 23.7. The van der Waals surface area contributed by atoms with Crippen molar-refractivity contribution in [2.24, 2.45) is 23.3 Å². The SMILES string of the molecule is CSCC[C@H](NC(=O)[C@H](Cc1ccc(O)cc1)NC(=O)[C@@H](NC(=O)[C@@H](NC(=O)[C@H](CO)NC(=O)[C@H](CO)NC(=O)[C@H](CO)NC(=O)[C@H](CCCCN)NC(=O)[C@H](CC(=O)O)NC(=O)[C@H](C)NC(=O)[C@@H](NC(=O)[C@H](CC(C)C)NC(=O)[C@@H](N)[C@@H](C)O)[C@@H](C)O)[C@@H](C)O)C(C)C)C(=O)O. The molecule has 12 amide bonds. The number of unbranched alkanes of at least 4 members (excludes halogenated alkanes) is 1. The monoisotopic (exact) mass is 1400 g/mol. The average Bonchev–Trinajstić information content (AvgIpc) is 0.966. The summed E-state index contributed by atoms with van der Waals surface area (Å²) in [5, 5.41) is 118. The van der Waals surface area contributed by atoms with Gasteiger partial charge in [0.05, 0.1) is 44.6 Å². The molecule has 16 atom stereocenters. The van der Waals surface area contributed by atoms with Crippen LogP contribution in [0, 0.1) is 11.8 Å². The number of aliphatic hydroxyl groups is 6. The molecule has 0 saturated heterocycles. The van der Waals surface area contributed by atoms with Crippen LogP contribution in [-0.4, -0.2) is 264 Å². The van der Waals surface area contributed by atoms with Gasteiger partial charge in [-0.3, -0.25) is 62.3 Å². The van der Waals surface area contributed by atoms with Gasteiger partial charge < -0.3 is 121 Å². The number of amides is 12. The minimum atomic E-state index is -2.03. The largest absolute Gasteiger partial charge is 0.508 e. The topological polar surface area (TPSA) is 617 Å². The van der Waals surface area contributed by atoms with Crippen molar-refractivity contribution >= 4 is 94.6 Å². The minimum Gasteiger partial charge on any atom is -0.508 e. The Morgan fingerprint density at radius 1 is 0.443 bits per heavy atom. The molecule has 25 N–H and O–H groups in total. The van der Waals surface area contributed by atoms with Crippen molar-refractivity contribution in [3.05, 3.63) is 29.8 Å². The fourth-order valence-electron chi connectivity index (χ4n) is 8.87. The van der Waals surface area contributed by atoms with E-state index < -0.39 is 212 Å². The van der Waals surface area contributed by atoms with Gasteiger partial charge in [-0.2, -0.15) is 11.8 Å². The third kappa shape index (κ3) is 30.7. The van der Waals surface area contributed by atoms with E-state index in [1.165, 1.54) is 56.8 Å². The number of hydrogen-bond donors (Lipinski definition) is 23.